The van der Waals surface area contributed by atoms with Gasteiger partial charge in [0.15, 0.2) is 13.2 Å². The maximum absolute atomic E-state index is 13.5. The molecule has 2 bridgehead atoms. The van der Waals surface area contributed by atoms with Gasteiger partial charge in [0.1, 0.15) is 28.5 Å². The van der Waals surface area contributed by atoms with Crippen LogP contribution in [0.1, 0.15) is 25.7 Å². The predicted octanol–water partition coefficient (Wildman–Crippen LogP) is 3.62. The molecular weight excluding hydrogens is 524 g/mol. The highest BCUT2D eigenvalue weighted by Gasteiger charge is 2.55. The number of amides is 3. The molecule has 12 heteroatoms. The second-order valence-corrected chi connectivity index (χ2v) is 9.67. The van der Waals surface area contributed by atoms with Gasteiger partial charge in [-0.25, -0.2) is 4.39 Å². The van der Waals surface area contributed by atoms with E-state index in [-0.39, 0.29) is 17.4 Å². The molecule has 1 saturated carbocycles. The molecule has 3 aliphatic rings. The van der Waals surface area contributed by atoms with Crippen LogP contribution in [0, 0.1) is 5.82 Å². The number of piperidine rings is 2. The third-order valence-corrected chi connectivity index (χ3v) is 7.07. The van der Waals surface area contributed by atoms with Gasteiger partial charge in [-0.1, -0.05) is 34.8 Å². The number of fused-ring (bicyclic) bond motifs is 3. The SMILES string of the molecule is O=C(COc1ccc(Cl)c(Cl)c1)NC12CCC(NC(=O)COc3ccc(Cl)c(F)c3)(CC1)C(=O)N2. The predicted molar refractivity (Wildman–Crippen MR) is 127 cm³/mol. The summed E-state index contributed by atoms with van der Waals surface area (Å²) < 4.78 is 24.3. The lowest BCUT2D eigenvalue weighted by Crippen LogP contribution is -2.77. The number of hydrogen-bond acceptors (Lipinski definition) is 5. The molecule has 0 unspecified atom stereocenters. The molecule has 2 aliphatic heterocycles. The lowest BCUT2D eigenvalue weighted by atomic mass is 9.71. The standard InChI is InChI=1S/C23H21Cl3FN3O5/c24-15-3-1-13(9-17(15)26)34-12-20(32)29-23-7-5-22(6-8-23,21(33)30-23)28-19(31)11-35-14-2-4-16(25)18(27)10-14/h1-4,9-10H,5-8,11-12H2,(H,28,31)(H,29,32)(H,30,33). The fourth-order valence-electron chi connectivity index (χ4n) is 4.17. The first-order valence-corrected chi connectivity index (χ1v) is 11.8. The molecular formula is C23H21Cl3FN3O5. The normalized spacial score (nSPS) is 22.8. The summed E-state index contributed by atoms with van der Waals surface area (Å²) in [5.41, 5.74) is -2.02. The number of halogens is 4. The number of carbonyl (C=O) groups excluding carboxylic acids is 3. The lowest BCUT2D eigenvalue weighted by molar-refractivity contribution is -0.147. The van der Waals surface area contributed by atoms with Gasteiger partial charge in [0.05, 0.1) is 15.1 Å². The zero-order valence-corrected chi connectivity index (χ0v) is 20.5. The fraction of sp³-hybridized carbons (Fsp3) is 0.348. The number of benzene rings is 2. The molecule has 0 aromatic heterocycles. The average molecular weight is 545 g/mol. The number of ether oxygens (including phenoxy) is 2. The van der Waals surface area contributed by atoms with E-state index in [0.29, 0.717) is 41.5 Å². The van der Waals surface area contributed by atoms with Crippen LogP contribution in [0.25, 0.3) is 0 Å². The molecule has 3 fully saturated rings. The minimum atomic E-state index is -1.10. The summed E-state index contributed by atoms with van der Waals surface area (Å²) >= 11 is 17.4. The Hall–Kier alpha value is -2.75. The molecule has 3 N–H and O–H groups in total. The first-order chi connectivity index (χ1) is 16.6. The third-order valence-electron chi connectivity index (χ3n) is 6.02. The number of rotatable bonds is 8. The van der Waals surface area contributed by atoms with Crippen molar-refractivity contribution in [3.05, 3.63) is 57.3 Å². The van der Waals surface area contributed by atoms with Gasteiger partial charge in [0, 0.05) is 12.1 Å². The summed E-state index contributed by atoms with van der Waals surface area (Å²) in [7, 11) is 0. The first kappa shape index (κ1) is 25.3. The molecule has 0 radical (unpaired) electrons. The summed E-state index contributed by atoms with van der Waals surface area (Å²) in [5.74, 6) is -1.48. The van der Waals surface area contributed by atoms with Crippen LogP contribution >= 0.6 is 34.8 Å². The van der Waals surface area contributed by atoms with Crippen molar-refractivity contribution in [3.8, 4) is 11.5 Å². The van der Waals surface area contributed by atoms with Crippen LogP contribution in [0.3, 0.4) is 0 Å². The summed E-state index contributed by atoms with van der Waals surface area (Å²) in [6, 6.07) is 8.49. The van der Waals surface area contributed by atoms with Crippen LogP contribution in [0.15, 0.2) is 36.4 Å². The molecule has 0 spiro atoms. The van der Waals surface area contributed by atoms with E-state index >= 15 is 0 Å². The van der Waals surface area contributed by atoms with Crippen molar-refractivity contribution in [2.24, 2.45) is 0 Å². The lowest BCUT2D eigenvalue weighted by Gasteiger charge is -2.52. The Bertz CT molecular complexity index is 1170. The highest BCUT2D eigenvalue weighted by molar-refractivity contribution is 6.42. The monoisotopic (exact) mass is 543 g/mol. The van der Waals surface area contributed by atoms with Gasteiger partial charge >= 0.3 is 0 Å². The fourth-order valence-corrected chi connectivity index (χ4v) is 4.57. The van der Waals surface area contributed by atoms with Gasteiger partial charge in [0.2, 0.25) is 5.91 Å². The van der Waals surface area contributed by atoms with Gasteiger partial charge in [-0.05, 0) is 49.9 Å². The summed E-state index contributed by atoms with van der Waals surface area (Å²) in [5, 5.41) is 9.01. The molecule has 35 heavy (non-hydrogen) atoms. The Morgan fingerprint density at radius 1 is 0.857 bits per heavy atom. The average Bonchev–Trinajstić information content (AvgIpc) is 2.82. The van der Waals surface area contributed by atoms with Crippen molar-refractivity contribution < 1.29 is 28.2 Å². The van der Waals surface area contributed by atoms with Crippen LogP contribution in [0.2, 0.25) is 15.1 Å². The summed E-state index contributed by atoms with van der Waals surface area (Å²) in [6.45, 7) is -0.676. The molecule has 3 amide bonds. The van der Waals surface area contributed by atoms with Crippen molar-refractivity contribution in [3.63, 3.8) is 0 Å². The molecule has 1 aliphatic carbocycles. The summed E-state index contributed by atoms with van der Waals surface area (Å²) in [4.78, 5) is 37.8. The minimum Gasteiger partial charge on any atom is -0.484 e. The van der Waals surface area contributed by atoms with Crippen LogP contribution < -0.4 is 25.4 Å². The van der Waals surface area contributed by atoms with E-state index in [0.717, 1.165) is 6.07 Å². The second kappa shape index (κ2) is 10.1. The van der Waals surface area contributed by atoms with Crippen LogP contribution in [-0.4, -0.2) is 42.1 Å². The molecule has 2 heterocycles. The zero-order chi connectivity index (χ0) is 25.2. The largest absolute Gasteiger partial charge is 0.484 e. The van der Waals surface area contributed by atoms with Crippen molar-refractivity contribution in [1.82, 2.24) is 16.0 Å². The third kappa shape index (κ3) is 5.74. The molecule has 2 aromatic carbocycles. The van der Waals surface area contributed by atoms with E-state index in [4.69, 9.17) is 44.3 Å². The Morgan fingerprint density at radius 2 is 1.43 bits per heavy atom. The van der Waals surface area contributed by atoms with Crippen molar-refractivity contribution in [2.75, 3.05) is 13.2 Å². The Balaban J connectivity index is 1.28. The van der Waals surface area contributed by atoms with E-state index < -0.39 is 41.3 Å². The van der Waals surface area contributed by atoms with E-state index in [1.165, 1.54) is 18.2 Å². The van der Waals surface area contributed by atoms with Gasteiger partial charge < -0.3 is 25.4 Å². The minimum absolute atomic E-state index is 0.0571. The molecule has 186 valence electrons. The molecule has 0 atom stereocenters. The van der Waals surface area contributed by atoms with E-state index in [9.17, 15) is 18.8 Å². The van der Waals surface area contributed by atoms with E-state index in [1.807, 2.05) is 0 Å². The zero-order valence-electron chi connectivity index (χ0n) is 18.3. The molecule has 2 aromatic rings. The van der Waals surface area contributed by atoms with Crippen LogP contribution in [0.4, 0.5) is 4.39 Å². The highest BCUT2D eigenvalue weighted by Crippen LogP contribution is 2.39. The molecule has 2 saturated heterocycles. The Labute approximate surface area is 215 Å². The van der Waals surface area contributed by atoms with Crippen molar-refractivity contribution >= 4 is 52.5 Å². The Kier molecular flexibility index (Phi) is 7.30. The first-order valence-electron chi connectivity index (χ1n) is 10.7. The van der Waals surface area contributed by atoms with E-state index in [2.05, 4.69) is 16.0 Å². The van der Waals surface area contributed by atoms with Crippen molar-refractivity contribution in [1.29, 1.82) is 0 Å². The van der Waals surface area contributed by atoms with Gasteiger partial charge in [-0.15, -0.1) is 0 Å². The smallest absolute Gasteiger partial charge is 0.259 e. The maximum Gasteiger partial charge on any atom is 0.259 e. The van der Waals surface area contributed by atoms with Crippen LogP contribution in [-0.2, 0) is 14.4 Å². The van der Waals surface area contributed by atoms with Crippen molar-refractivity contribution in [2.45, 2.75) is 36.9 Å². The second-order valence-electron chi connectivity index (χ2n) is 8.44. The topological polar surface area (TPSA) is 106 Å². The number of hydrogen-bond donors (Lipinski definition) is 3. The molecule has 5 rings (SSSR count). The van der Waals surface area contributed by atoms with Crippen LogP contribution in [0.5, 0.6) is 11.5 Å². The van der Waals surface area contributed by atoms with Gasteiger partial charge in [-0.3, -0.25) is 14.4 Å². The van der Waals surface area contributed by atoms with Gasteiger partial charge in [0.25, 0.3) is 11.8 Å². The highest BCUT2D eigenvalue weighted by atomic mass is 35.5. The number of carbonyl (C=O) groups is 3. The maximum atomic E-state index is 13.5. The van der Waals surface area contributed by atoms with Gasteiger partial charge in [-0.2, -0.15) is 0 Å². The molecule has 8 nitrogen and oxygen atoms in total. The Morgan fingerprint density at radius 3 is 2.00 bits per heavy atom. The quantitative estimate of drug-likeness (QED) is 0.471. The summed E-state index contributed by atoms with van der Waals surface area (Å²) in [6.07, 6.45) is 1.49. The number of nitrogens with one attached hydrogen (secondary N) is 3. The van der Waals surface area contributed by atoms with E-state index in [1.54, 1.807) is 12.1 Å².